The number of amides is 2. The minimum absolute atomic E-state index is 0.122. The van der Waals surface area contributed by atoms with E-state index in [-0.39, 0.29) is 17.6 Å². The van der Waals surface area contributed by atoms with Crippen molar-refractivity contribution in [3.8, 4) is 0 Å². The van der Waals surface area contributed by atoms with E-state index in [4.69, 9.17) is 4.74 Å². The van der Waals surface area contributed by atoms with Crippen molar-refractivity contribution in [3.05, 3.63) is 65.7 Å². The summed E-state index contributed by atoms with van der Waals surface area (Å²) in [7, 11) is 0. The zero-order valence-corrected chi connectivity index (χ0v) is 17.5. The number of carbonyl (C=O) groups is 4. The van der Waals surface area contributed by atoms with Crippen LogP contribution < -0.4 is 10.6 Å². The predicted octanol–water partition coefficient (Wildman–Crippen LogP) is 3.21. The number of esters is 1. The molecule has 0 spiro atoms. The third kappa shape index (κ3) is 6.27. The molecule has 0 heterocycles. The summed E-state index contributed by atoms with van der Waals surface area (Å²) in [6.07, 6.45) is -1.02. The smallest absolute Gasteiger partial charge is 0.329 e. The lowest BCUT2D eigenvalue weighted by molar-refractivity contribution is -0.148. The zero-order chi connectivity index (χ0) is 22.3. The molecule has 0 aliphatic rings. The number of ether oxygens (including phenoxy) is 1. The van der Waals surface area contributed by atoms with Crippen molar-refractivity contribution < 1.29 is 23.9 Å². The van der Waals surface area contributed by atoms with Gasteiger partial charge in [-0.2, -0.15) is 0 Å². The van der Waals surface area contributed by atoms with Gasteiger partial charge in [0, 0.05) is 22.7 Å². The Labute approximate surface area is 175 Å². The van der Waals surface area contributed by atoms with Crippen molar-refractivity contribution in [1.82, 2.24) is 5.32 Å². The molecule has 2 aromatic rings. The Morgan fingerprint density at radius 1 is 0.800 bits per heavy atom. The van der Waals surface area contributed by atoms with Gasteiger partial charge in [-0.1, -0.05) is 32.0 Å². The number of rotatable bonds is 8. The highest BCUT2D eigenvalue weighted by Crippen LogP contribution is 2.14. The van der Waals surface area contributed by atoms with Gasteiger partial charge in [0.25, 0.3) is 5.91 Å². The number of nitrogens with one attached hydrogen (secondary N) is 2. The van der Waals surface area contributed by atoms with Crippen LogP contribution in [0.1, 0.15) is 48.4 Å². The van der Waals surface area contributed by atoms with Crippen molar-refractivity contribution in [3.63, 3.8) is 0 Å². The van der Waals surface area contributed by atoms with E-state index in [9.17, 15) is 19.2 Å². The summed E-state index contributed by atoms with van der Waals surface area (Å²) in [5.74, 6) is -1.77. The van der Waals surface area contributed by atoms with Crippen LogP contribution in [0.5, 0.6) is 0 Å². The standard InChI is InChI=1S/C23H26N2O5/c1-14(2)21(27)25-19-12-10-17(11-13-19)20(26)16(4)30-23(29)15(3)24-22(28)18-8-6-5-7-9-18/h5-16H,1-4H3,(H,24,28)(H,25,27)/t15-,16-/m0/s1. The molecule has 30 heavy (non-hydrogen) atoms. The second-order valence-corrected chi connectivity index (χ2v) is 7.23. The van der Waals surface area contributed by atoms with Gasteiger partial charge in [0.05, 0.1) is 0 Å². The monoisotopic (exact) mass is 410 g/mol. The zero-order valence-electron chi connectivity index (χ0n) is 17.5. The Morgan fingerprint density at radius 3 is 1.97 bits per heavy atom. The average molecular weight is 410 g/mol. The lowest BCUT2D eigenvalue weighted by atomic mass is 10.1. The van der Waals surface area contributed by atoms with E-state index in [0.717, 1.165) is 0 Å². The molecular formula is C23H26N2O5. The molecule has 2 atom stereocenters. The maximum Gasteiger partial charge on any atom is 0.329 e. The highest BCUT2D eigenvalue weighted by molar-refractivity contribution is 6.01. The van der Waals surface area contributed by atoms with Crippen LogP contribution in [0.2, 0.25) is 0 Å². The summed E-state index contributed by atoms with van der Waals surface area (Å²) < 4.78 is 5.22. The summed E-state index contributed by atoms with van der Waals surface area (Å²) in [6.45, 7) is 6.53. The Bertz CT molecular complexity index is 907. The first-order valence-electron chi connectivity index (χ1n) is 9.70. The largest absolute Gasteiger partial charge is 0.453 e. The fraction of sp³-hybridized carbons (Fsp3) is 0.304. The highest BCUT2D eigenvalue weighted by Gasteiger charge is 2.24. The number of Topliss-reactive ketones (excluding diaryl/α,β-unsaturated/α-hetero) is 1. The first-order chi connectivity index (χ1) is 14.2. The summed E-state index contributed by atoms with van der Waals surface area (Å²) >= 11 is 0. The Morgan fingerprint density at radius 2 is 1.40 bits per heavy atom. The molecule has 0 saturated heterocycles. The Hall–Kier alpha value is -3.48. The Kier molecular flexibility index (Phi) is 7.86. The van der Waals surface area contributed by atoms with Crippen molar-refractivity contribution in [2.45, 2.75) is 39.8 Å². The maximum absolute atomic E-state index is 12.5. The third-order valence-corrected chi connectivity index (χ3v) is 4.36. The van der Waals surface area contributed by atoms with Crippen LogP contribution in [0, 0.1) is 5.92 Å². The van der Waals surface area contributed by atoms with Crippen molar-refractivity contribution >= 4 is 29.3 Å². The molecule has 0 aliphatic carbocycles. The van der Waals surface area contributed by atoms with Crippen LogP contribution >= 0.6 is 0 Å². The predicted molar refractivity (Wildman–Crippen MR) is 113 cm³/mol. The maximum atomic E-state index is 12.5. The molecule has 7 nitrogen and oxygen atoms in total. The number of ketones is 1. The lowest BCUT2D eigenvalue weighted by Gasteiger charge is -2.17. The fourth-order valence-corrected chi connectivity index (χ4v) is 2.50. The minimum atomic E-state index is -1.02. The summed E-state index contributed by atoms with van der Waals surface area (Å²) in [4.78, 5) is 48.7. The molecule has 7 heteroatoms. The minimum Gasteiger partial charge on any atom is -0.453 e. The normalized spacial score (nSPS) is 12.6. The van der Waals surface area contributed by atoms with E-state index in [2.05, 4.69) is 10.6 Å². The first kappa shape index (κ1) is 22.8. The molecule has 0 aromatic heterocycles. The molecular weight excluding hydrogens is 384 g/mol. The van der Waals surface area contributed by atoms with Gasteiger partial charge in [-0.25, -0.2) is 4.79 Å². The average Bonchev–Trinajstić information content (AvgIpc) is 2.74. The second kappa shape index (κ2) is 10.3. The van der Waals surface area contributed by atoms with Gasteiger partial charge in [-0.05, 0) is 50.2 Å². The van der Waals surface area contributed by atoms with Crippen LogP contribution in [-0.2, 0) is 14.3 Å². The molecule has 158 valence electrons. The van der Waals surface area contributed by atoms with Gasteiger partial charge >= 0.3 is 5.97 Å². The topological polar surface area (TPSA) is 102 Å². The molecule has 2 N–H and O–H groups in total. The van der Waals surface area contributed by atoms with Crippen LogP contribution in [0.15, 0.2) is 54.6 Å². The molecule has 0 bridgehead atoms. The van der Waals surface area contributed by atoms with Crippen molar-refractivity contribution in [2.75, 3.05) is 5.32 Å². The van der Waals surface area contributed by atoms with Gasteiger partial charge in [0.15, 0.2) is 6.10 Å². The van der Waals surface area contributed by atoms with Gasteiger partial charge in [0.2, 0.25) is 11.7 Å². The lowest BCUT2D eigenvalue weighted by Crippen LogP contribution is -2.41. The molecule has 2 aromatic carbocycles. The number of carbonyl (C=O) groups excluding carboxylic acids is 4. The van der Waals surface area contributed by atoms with Gasteiger partial charge in [-0.15, -0.1) is 0 Å². The molecule has 0 radical (unpaired) electrons. The van der Waals surface area contributed by atoms with E-state index in [1.165, 1.54) is 13.8 Å². The van der Waals surface area contributed by atoms with Crippen molar-refractivity contribution in [2.24, 2.45) is 5.92 Å². The van der Waals surface area contributed by atoms with Crippen molar-refractivity contribution in [1.29, 1.82) is 0 Å². The summed E-state index contributed by atoms with van der Waals surface area (Å²) in [5, 5.41) is 5.29. The molecule has 2 amide bonds. The molecule has 2 rings (SSSR count). The van der Waals surface area contributed by atoms with E-state index in [1.807, 2.05) is 0 Å². The second-order valence-electron chi connectivity index (χ2n) is 7.23. The molecule has 0 fully saturated rings. The summed E-state index contributed by atoms with van der Waals surface area (Å²) in [6, 6.07) is 13.9. The quantitative estimate of drug-likeness (QED) is 0.514. The van der Waals surface area contributed by atoms with Gasteiger partial charge in [-0.3, -0.25) is 14.4 Å². The highest BCUT2D eigenvalue weighted by atomic mass is 16.5. The van der Waals surface area contributed by atoms with Crippen LogP contribution in [0.4, 0.5) is 5.69 Å². The number of hydrogen-bond acceptors (Lipinski definition) is 5. The first-order valence-corrected chi connectivity index (χ1v) is 9.70. The molecule has 0 saturated carbocycles. The fourth-order valence-electron chi connectivity index (χ4n) is 2.50. The number of hydrogen-bond donors (Lipinski definition) is 2. The summed E-state index contributed by atoms with van der Waals surface area (Å²) in [5.41, 5.74) is 1.34. The SMILES string of the molecule is CC(C)C(=O)Nc1ccc(C(=O)[C@H](C)OC(=O)[C@H](C)NC(=O)c2ccccc2)cc1. The third-order valence-electron chi connectivity index (χ3n) is 4.36. The number of benzene rings is 2. The molecule has 0 unspecified atom stereocenters. The number of anilines is 1. The van der Waals surface area contributed by atoms with E-state index >= 15 is 0 Å². The Balaban J connectivity index is 1.92. The van der Waals surface area contributed by atoms with E-state index in [1.54, 1.807) is 68.4 Å². The van der Waals surface area contributed by atoms with Crippen LogP contribution in [0.25, 0.3) is 0 Å². The molecule has 0 aliphatic heterocycles. The van der Waals surface area contributed by atoms with Gasteiger partial charge in [0.1, 0.15) is 6.04 Å². The van der Waals surface area contributed by atoms with E-state index < -0.39 is 24.0 Å². The van der Waals surface area contributed by atoms with E-state index in [0.29, 0.717) is 16.8 Å². The van der Waals surface area contributed by atoms with Crippen LogP contribution in [-0.4, -0.2) is 35.7 Å². The van der Waals surface area contributed by atoms with Crippen LogP contribution in [0.3, 0.4) is 0 Å². The van der Waals surface area contributed by atoms with Gasteiger partial charge < -0.3 is 15.4 Å².